The average molecular weight is 299 g/mol. The fraction of sp³-hybridized carbons (Fsp3) is 0.278. The van der Waals surface area contributed by atoms with Crippen molar-refractivity contribution >= 4 is 5.91 Å². The van der Waals surface area contributed by atoms with Crippen LogP contribution in [0, 0.1) is 0 Å². The van der Waals surface area contributed by atoms with Crippen molar-refractivity contribution in [3.63, 3.8) is 0 Å². The highest BCUT2D eigenvalue weighted by atomic mass is 16.5. The van der Waals surface area contributed by atoms with Crippen LogP contribution < -0.4 is 10.1 Å². The maximum absolute atomic E-state index is 12.2. The van der Waals surface area contributed by atoms with Gasteiger partial charge in [-0.3, -0.25) is 4.79 Å². The van der Waals surface area contributed by atoms with E-state index in [9.17, 15) is 4.79 Å². The molecular weight excluding hydrogens is 278 g/mol. The van der Waals surface area contributed by atoms with Gasteiger partial charge >= 0.3 is 0 Å². The molecule has 0 saturated carbocycles. The first-order valence-electron chi connectivity index (χ1n) is 7.34. The van der Waals surface area contributed by atoms with Crippen LogP contribution in [0.3, 0.4) is 0 Å². The van der Waals surface area contributed by atoms with E-state index in [-0.39, 0.29) is 12.5 Å². The monoisotopic (exact) mass is 299 g/mol. The molecule has 2 aromatic rings. The van der Waals surface area contributed by atoms with Gasteiger partial charge in [0, 0.05) is 18.7 Å². The molecule has 2 aromatic carbocycles. The van der Waals surface area contributed by atoms with Crippen molar-refractivity contribution in [2.75, 3.05) is 20.3 Å². The van der Waals surface area contributed by atoms with Crippen LogP contribution in [0.2, 0.25) is 0 Å². The van der Waals surface area contributed by atoms with Crippen LogP contribution in [0.4, 0.5) is 0 Å². The Bertz CT molecular complexity index is 625. The zero-order valence-corrected chi connectivity index (χ0v) is 12.7. The average Bonchev–Trinajstić information content (AvgIpc) is 2.56. The summed E-state index contributed by atoms with van der Waals surface area (Å²) in [4.78, 5) is 12.2. The second kappa shape index (κ2) is 8.20. The van der Waals surface area contributed by atoms with Gasteiger partial charge in [-0.25, -0.2) is 0 Å². The molecule has 2 N–H and O–H groups in total. The molecule has 4 nitrogen and oxygen atoms in total. The van der Waals surface area contributed by atoms with Gasteiger partial charge in [0.25, 0.3) is 5.91 Å². The zero-order chi connectivity index (χ0) is 15.8. The number of ether oxygens (including phenoxy) is 1. The van der Waals surface area contributed by atoms with Crippen molar-refractivity contribution in [2.45, 2.75) is 12.8 Å². The first kappa shape index (κ1) is 16.0. The summed E-state index contributed by atoms with van der Waals surface area (Å²) in [5.74, 6) is 0.712. The van der Waals surface area contributed by atoms with Crippen LogP contribution in [-0.4, -0.2) is 31.3 Å². The second-order valence-electron chi connectivity index (χ2n) is 4.99. The first-order valence-corrected chi connectivity index (χ1v) is 7.34. The Morgan fingerprint density at radius 3 is 2.73 bits per heavy atom. The molecule has 0 aliphatic heterocycles. The highest BCUT2D eigenvalue weighted by Crippen LogP contribution is 2.13. The summed E-state index contributed by atoms with van der Waals surface area (Å²) in [6.07, 6.45) is 1.23. The maximum atomic E-state index is 12.2. The summed E-state index contributed by atoms with van der Waals surface area (Å²) in [5.41, 5.74) is 2.61. The summed E-state index contributed by atoms with van der Waals surface area (Å²) < 4.78 is 5.18. The van der Waals surface area contributed by atoms with E-state index in [0.29, 0.717) is 18.5 Å². The van der Waals surface area contributed by atoms with Gasteiger partial charge in [0.15, 0.2) is 0 Å². The number of carbonyl (C=O) groups excluding carboxylic acids is 1. The fourth-order valence-corrected chi connectivity index (χ4v) is 2.32. The highest BCUT2D eigenvalue weighted by Gasteiger charge is 2.09. The van der Waals surface area contributed by atoms with Gasteiger partial charge in [0.05, 0.1) is 7.11 Å². The molecule has 0 unspecified atom stereocenters. The summed E-state index contributed by atoms with van der Waals surface area (Å²) in [7, 11) is 1.64. The third kappa shape index (κ3) is 4.33. The van der Waals surface area contributed by atoms with Gasteiger partial charge in [-0.05, 0) is 42.2 Å². The molecule has 4 heteroatoms. The molecule has 0 aliphatic carbocycles. The SMILES string of the molecule is COc1cccc(CCNC(=O)c2ccccc2CCO)c1. The lowest BCUT2D eigenvalue weighted by Gasteiger charge is -2.10. The van der Waals surface area contributed by atoms with Crippen LogP contribution in [0.15, 0.2) is 48.5 Å². The summed E-state index contributed by atoms with van der Waals surface area (Å²) in [6, 6.07) is 15.2. The fourth-order valence-electron chi connectivity index (χ4n) is 2.32. The van der Waals surface area contributed by atoms with Crippen LogP contribution in [0.1, 0.15) is 21.5 Å². The lowest BCUT2D eigenvalue weighted by Crippen LogP contribution is -2.26. The number of methoxy groups -OCH3 is 1. The molecule has 0 radical (unpaired) electrons. The predicted molar refractivity (Wildman–Crippen MR) is 86.3 cm³/mol. The van der Waals surface area contributed by atoms with Gasteiger partial charge in [-0.1, -0.05) is 30.3 Å². The van der Waals surface area contributed by atoms with Crippen LogP contribution in [0.5, 0.6) is 5.75 Å². The summed E-state index contributed by atoms with van der Waals surface area (Å²) in [5, 5.41) is 12.0. The molecule has 0 spiro atoms. The van der Waals surface area contributed by atoms with E-state index in [2.05, 4.69) is 5.32 Å². The zero-order valence-electron chi connectivity index (χ0n) is 12.7. The normalized spacial score (nSPS) is 10.3. The topological polar surface area (TPSA) is 58.6 Å². The number of carbonyl (C=O) groups is 1. The molecule has 0 bridgehead atoms. The first-order chi connectivity index (χ1) is 10.7. The molecule has 0 fully saturated rings. The predicted octanol–water partition coefficient (Wildman–Crippen LogP) is 2.20. The van der Waals surface area contributed by atoms with Gasteiger partial charge in [-0.2, -0.15) is 0 Å². The molecule has 116 valence electrons. The largest absolute Gasteiger partial charge is 0.497 e. The number of rotatable bonds is 7. The van der Waals surface area contributed by atoms with Gasteiger partial charge < -0.3 is 15.2 Å². The van der Waals surface area contributed by atoms with E-state index in [1.54, 1.807) is 13.2 Å². The van der Waals surface area contributed by atoms with Crippen molar-refractivity contribution in [1.29, 1.82) is 0 Å². The van der Waals surface area contributed by atoms with E-state index >= 15 is 0 Å². The summed E-state index contributed by atoms with van der Waals surface area (Å²) in [6.45, 7) is 0.591. The molecule has 22 heavy (non-hydrogen) atoms. The molecule has 1 amide bonds. The minimum absolute atomic E-state index is 0.0358. The van der Waals surface area contributed by atoms with E-state index in [1.165, 1.54) is 0 Å². The Balaban J connectivity index is 1.92. The Labute approximate surface area is 130 Å². The standard InChI is InChI=1S/C18H21NO3/c1-22-16-7-4-5-14(13-16)9-11-19-18(21)17-8-3-2-6-15(17)10-12-20/h2-8,13,20H,9-12H2,1H3,(H,19,21). The number of amides is 1. The minimum atomic E-state index is -0.105. The lowest BCUT2D eigenvalue weighted by atomic mass is 10.0. The number of aliphatic hydroxyl groups is 1. The third-order valence-electron chi connectivity index (χ3n) is 3.48. The van der Waals surface area contributed by atoms with Crippen LogP contribution in [0.25, 0.3) is 0 Å². The minimum Gasteiger partial charge on any atom is -0.497 e. The Kier molecular flexibility index (Phi) is 5.98. The van der Waals surface area contributed by atoms with E-state index in [4.69, 9.17) is 9.84 Å². The Hall–Kier alpha value is -2.33. The quantitative estimate of drug-likeness (QED) is 0.824. The van der Waals surface area contributed by atoms with Gasteiger partial charge in [0.2, 0.25) is 0 Å². The molecule has 0 heterocycles. The van der Waals surface area contributed by atoms with Gasteiger partial charge in [0.1, 0.15) is 5.75 Å². The molecule has 2 rings (SSSR count). The van der Waals surface area contributed by atoms with Crippen molar-refractivity contribution in [1.82, 2.24) is 5.32 Å². The lowest BCUT2D eigenvalue weighted by molar-refractivity contribution is 0.0953. The highest BCUT2D eigenvalue weighted by molar-refractivity contribution is 5.95. The van der Waals surface area contributed by atoms with E-state index in [0.717, 1.165) is 23.3 Å². The van der Waals surface area contributed by atoms with E-state index in [1.807, 2.05) is 42.5 Å². The Morgan fingerprint density at radius 1 is 1.14 bits per heavy atom. The maximum Gasteiger partial charge on any atom is 0.251 e. The molecule has 0 atom stereocenters. The number of hydrogen-bond acceptors (Lipinski definition) is 3. The van der Waals surface area contributed by atoms with Crippen LogP contribution >= 0.6 is 0 Å². The third-order valence-corrected chi connectivity index (χ3v) is 3.48. The number of nitrogens with one attached hydrogen (secondary N) is 1. The van der Waals surface area contributed by atoms with Crippen molar-refractivity contribution in [3.8, 4) is 5.75 Å². The molecule has 0 aromatic heterocycles. The van der Waals surface area contributed by atoms with E-state index < -0.39 is 0 Å². The number of benzene rings is 2. The van der Waals surface area contributed by atoms with Crippen molar-refractivity contribution < 1.29 is 14.6 Å². The summed E-state index contributed by atoms with van der Waals surface area (Å²) >= 11 is 0. The number of hydrogen-bond donors (Lipinski definition) is 2. The Morgan fingerprint density at radius 2 is 1.95 bits per heavy atom. The van der Waals surface area contributed by atoms with Crippen molar-refractivity contribution in [3.05, 3.63) is 65.2 Å². The second-order valence-corrected chi connectivity index (χ2v) is 4.99. The van der Waals surface area contributed by atoms with Crippen molar-refractivity contribution in [2.24, 2.45) is 0 Å². The molecule has 0 saturated heterocycles. The smallest absolute Gasteiger partial charge is 0.251 e. The molecule has 0 aliphatic rings. The number of aliphatic hydroxyl groups excluding tert-OH is 1. The van der Waals surface area contributed by atoms with Gasteiger partial charge in [-0.15, -0.1) is 0 Å². The van der Waals surface area contributed by atoms with Crippen LogP contribution in [-0.2, 0) is 12.8 Å². The molecular formula is C18H21NO3.